The Balaban J connectivity index is 1.81. The molecule has 24 heavy (non-hydrogen) atoms. The van der Waals surface area contributed by atoms with Crippen molar-refractivity contribution < 1.29 is 13.9 Å². The standard InChI is InChI=1S/C17H19N3O3S/c1-22-14(21)8-4-10-20-16(13-7-5-11-23-13)15(19-17(20)24)12-6-2-3-9-18-12/h2-3,5-7,9,11,15-16H,4,8,10H2,1H3,(H,19,24)/t15-,16+/m1/s1. The monoisotopic (exact) mass is 345 g/mol. The maximum Gasteiger partial charge on any atom is 0.305 e. The van der Waals surface area contributed by atoms with Gasteiger partial charge in [0.2, 0.25) is 0 Å². The number of rotatable bonds is 6. The van der Waals surface area contributed by atoms with Gasteiger partial charge in [-0.05, 0) is 42.9 Å². The Kier molecular flexibility index (Phi) is 5.10. The van der Waals surface area contributed by atoms with E-state index in [-0.39, 0.29) is 18.1 Å². The molecule has 0 aliphatic carbocycles. The van der Waals surface area contributed by atoms with E-state index in [1.54, 1.807) is 12.5 Å². The number of carbonyl (C=O) groups excluding carboxylic acids is 1. The van der Waals surface area contributed by atoms with Gasteiger partial charge in [-0.3, -0.25) is 9.78 Å². The molecule has 0 amide bonds. The van der Waals surface area contributed by atoms with Gasteiger partial charge in [0.25, 0.3) is 0 Å². The molecular formula is C17H19N3O3S. The van der Waals surface area contributed by atoms with Crippen LogP contribution in [0.5, 0.6) is 0 Å². The lowest BCUT2D eigenvalue weighted by atomic mass is 10.0. The maximum absolute atomic E-state index is 11.3. The summed E-state index contributed by atoms with van der Waals surface area (Å²) >= 11 is 5.51. The van der Waals surface area contributed by atoms with E-state index in [0.29, 0.717) is 24.5 Å². The third-order valence-electron chi connectivity index (χ3n) is 4.04. The van der Waals surface area contributed by atoms with Crippen molar-refractivity contribution in [2.45, 2.75) is 24.9 Å². The number of pyridine rings is 1. The van der Waals surface area contributed by atoms with Gasteiger partial charge < -0.3 is 19.4 Å². The number of thiocarbonyl (C=S) groups is 1. The molecule has 2 aromatic heterocycles. The highest BCUT2D eigenvalue weighted by molar-refractivity contribution is 7.80. The van der Waals surface area contributed by atoms with E-state index in [1.165, 1.54) is 7.11 Å². The first-order valence-corrected chi connectivity index (χ1v) is 8.20. The van der Waals surface area contributed by atoms with Gasteiger partial charge in [-0.15, -0.1) is 0 Å². The number of nitrogens with one attached hydrogen (secondary N) is 1. The van der Waals surface area contributed by atoms with Crippen molar-refractivity contribution in [3.8, 4) is 0 Å². The highest BCUT2D eigenvalue weighted by Gasteiger charge is 2.41. The number of methoxy groups -OCH3 is 1. The minimum atomic E-state index is -0.219. The van der Waals surface area contributed by atoms with Gasteiger partial charge in [0.05, 0.1) is 25.1 Å². The van der Waals surface area contributed by atoms with Crippen LogP contribution in [0.15, 0.2) is 47.2 Å². The second kappa shape index (κ2) is 7.44. The molecule has 0 saturated carbocycles. The zero-order valence-corrected chi connectivity index (χ0v) is 14.2. The van der Waals surface area contributed by atoms with E-state index in [4.69, 9.17) is 21.4 Å². The second-order valence-electron chi connectivity index (χ2n) is 5.52. The van der Waals surface area contributed by atoms with Crippen molar-refractivity contribution in [1.82, 2.24) is 15.2 Å². The third-order valence-corrected chi connectivity index (χ3v) is 4.39. The van der Waals surface area contributed by atoms with Crippen LogP contribution in [0.25, 0.3) is 0 Å². The molecule has 3 rings (SSSR count). The van der Waals surface area contributed by atoms with E-state index < -0.39 is 0 Å². The number of furan rings is 1. The van der Waals surface area contributed by atoms with E-state index in [1.807, 2.05) is 30.3 Å². The number of hydrogen-bond donors (Lipinski definition) is 1. The molecule has 7 heteroatoms. The first-order valence-electron chi connectivity index (χ1n) is 7.79. The Morgan fingerprint density at radius 1 is 1.42 bits per heavy atom. The van der Waals surface area contributed by atoms with E-state index in [2.05, 4.69) is 15.2 Å². The van der Waals surface area contributed by atoms with Crippen LogP contribution in [0.2, 0.25) is 0 Å². The number of ether oxygens (including phenoxy) is 1. The zero-order chi connectivity index (χ0) is 16.9. The van der Waals surface area contributed by atoms with Gasteiger partial charge in [-0.2, -0.15) is 0 Å². The highest BCUT2D eigenvalue weighted by Crippen LogP contribution is 2.38. The van der Waals surface area contributed by atoms with Gasteiger partial charge in [-0.25, -0.2) is 0 Å². The largest absolute Gasteiger partial charge is 0.469 e. The molecule has 0 radical (unpaired) electrons. The van der Waals surface area contributed by atoms with Gasteiger partial charge in [0.15, 0.2) is 5.11 Å². The molecule has 0 bridgehead atoms. The Morgan fingerprint density at radius 2 is 2.29 bits per heavy atom. The maximum atomic E-state index is 11.3. The summed E-state index contributed by atoms with van der Waals surface area (Å²) in [5.74, 6) is 0.597. The number of carbonyl (C=O) groups is 1. The lowest BCUT2D eigenvalue weighted by Gasteiger charge is -2.25. The molecule has 2 atom stereocenters. The molecule has 1 saturated heterocycles. The van der Waals surface area contributed by atoms with Crippen molar-refractivity contribution in [3.05, 3.63) is 54.2 Å². The average molecular weight is 345 g/mol. The first-order chi connectivity index (χ1) is 11.7. The van der Waals surface area contributed by atoms with Crippen LogP contribution < -0.4 is 5.32 Å². The molecule has 3 heterocycles. The fourth-order valence-corrected chi connectivity index (χ4v) is 3.24. The van der Waals surface area contributed by atoms with E-state index >= 15 is 0 Å². The Labute approximate surface area is 145 Å². The number of nitrogens with zero attached hydrogens (tertiary/aromatic N) is 2. The van der Waals surface area contributed by atoms with Gasteiger partial charge in [0, 0.05) is 19.2 Å². The third kappa shape index (κ3) is 3.41. The van der Waals surface area contributed by atoms with Crippen LogP contribution in [0.3, 0.4) is 0 Å². The van der Waals surface area contributed by atoms with Crippen LogP contribution in [-0.4, -0.2) is 34.6 Å². The SMILES string of the molecule is COC(=O)CCCN1C(=S)N[C@H](c2ccccn2)[C@@H]1c1ccco1. The summed E-state index contributed by atoms with van der Waals surface area (Å²) < 4.78 is 10.3. The zero-order valence-electron chi connectivity index (χ0n) is 13.3. The molecule has 2 aromatic rings. The van der Waals surface area contributed by atoms with Crippen LogP contribution in [-0.2, 0) is 9.53 Å². The summed E-state index contributed by atoms with van der Waals surface area (Å²) in [7, 11) is 1.40. The molecule has 0 unspecified atom stereocenters. The summed E-state index contributed by atoms with van der Waals surface area (Å²) in [6.07, 6.45) is 4.42. The molecule has 6 nitrogen and oxygen atoms in total. The topological polar surface area (TPSA) is 67.6 Å². The molecular weight excluding hydrogens is 326 g/mol. The Bertz CT molecular complexity index is 690. The average Bonchev–Trinajstić information content (AvgIpc) is 3.24. The Hall–Kier alpha value is -2.41. The van der Waals surface area contributed by atoms with Gasteiger partial charge in [-0.1, -0.05) is 6.07 Å². The first kappa shape index (κ1) is 16.4. The highest BCUT2D eigenvalue weighted by atomic mass is 32.1. The van der Waals surface area contributed by atoms with Crippen LogP contribution in [0.1, 0.15) is 36.4 Å². The molecule has 1 N–H and O–H groups in total. The number of hydrogen-bond acceptors (Lipinski definition) is 5. The molecule has 1 fully saturated rings. The van der Waals surface area contributed by atoms with Crippen LogP contribution >= 0.6 is 12.2 Å². The predicted octanol–water partition coefficient (Wildman–Crippen LogP) is 2.60. The Morgan fingerprint density at radius 3 is 2.96 bits per heavy atom. The van der Waals surface area contributed by atoms with E-state index in [0.717, 1.165) is 11.5 Å². The summed E-state index contributed by atoms with van der Waals surface area (Å²) in [4.78, 5) is 17.8. The minimum absolute atomic E-state index is 0.0945. The fraction of sp³-hybridized carbons (Fsp3) is 0.353. The van der Waals surface area contributed by atoms with Crippen LogP contribution in [0.4, 0.5) is 0 Å². The van der Waals surface area contributed by atoms with Crippen molar-refractivity contribution in [2.24, 2.45) is 0 Å². The van der Waals surface area contributed by atoms with Gasteiger partial charge >= 0.3 is 5.97 Å². The molecule has 0 spiro atoms. The summed E-state index contributed by atoms with van der Waals surface area (Å²) in [6, 6.07) is 9.40. The molecule has 1 aliphatic heterocycles. The van der Waals surface area contributed by atoms with Crippen molar-refractivity contribution in [2.75, 3.05) is 13.7 Å². The number of aromatic nitrogens is 1. The smallest absolute Gasteiger partial charge is 0.305 e. The predicted molar refractivity (Wildman–Crippen MR) is 92.1 cm³/mol. The summed E-state index contributed by atoms with van der Waals surface area (Å²) in [5.41, 5.74) is 0.900. The quantitative estimate of drug-likeness (QED) is 0.637. The normalized spacial score (nSPS) is 20.0. The minimum Gasteiger partial charge on any atom is -0.469 e. The van der Waals surface area contributed by atoms with E-state index in [9.17, 15) is 4.79 Å². The second-order valence-corrected chi connectivity index (χ2v) is 5.90. The van der Waals surface area contributed by atoms with Crippen molar-refractivity contribution in [1.29, 1.82) is 0 Å². The molecule has 126 valence electrons. The fourth-order valence-electron chi connectivity index (χ4n) is 2.91. The number of esters is 1. The molecule has 1 aliphatic rings. The summed E-state index contributed by atoms with van der Waals surface area (Å²) in [6.45, 7) is 0.635. The van der Waals surface area contributed by atoms with Crippen molar-refractivity contribution >= 4 is 23.3 Å². The van der Waals surface area contributed by atoms with Crippen LogP contribution in [0, 0.1) is 0 Å². The molecule has 0 aromatic carbocycles. The lowest BCUT2D eigenvalue weighted by molar-refractivity contribution is -0.140. The van der Waals surface area contributed by atoms with Crippen molar-refractivity contribution in [3.63, 3.8) is 0 Å². The summed E-state index contributed by atoms with van der Waals surface area (Å²) in [5, 5.41) is 3.97. The van der Waals surface area contributed by atoms with Gasteiger partial charge in [0.1, 0.15) is 11.8 Å². The lowest BCUT2D eigenvalue weighted by Crippen LogP contribution is -2.30.